The number of amides is 2. The first-order valence-electron chi connectivity index (χ1n) is 9.29. The summed E-state index contributed by atoms with van der Waals surface area (Å²) < 4.78 is 0. The molecule has 30 heavy (non-hydrogen) atoms. The number of hydrogen-bond donors (Lipinski definition) is 1. The van der Waals surface area contributed by atoms with Gasteiger partial charge in [-0.25, -0.2) is 0 Å². The van der Waals surface area contributed by atoms with Gasteiger partial charge in [0.15, 0.2) is 0 Å². The lowest BCUT2D eigenvalue weighted by Crippen LogP contribution is -2.28. The molecule has 1 N–H and O–H groups in total. The second kappa shape index (κ2) is 8.72. The Balaban J connectivity index is 1.66. The molecule has 1 aliphatic rings. The lowest BCUT2D eigenvalue weighted by molar-refractivity contribution is -0.115. The highest BCUT2D eigenvalue weighted by molar-refractivity contribution is 8.00. The molecule has 152 valence electrons. The normalized spacial score (nSPS) is 16.0. The lowest BCUT2D eigenvalue weighted by Gasteiger charge is -2.26. The van der Waals surface area contributed by atoms with Gasteiger partial charge in [-0.2, -0.15) is 0 Å². The Hall–Kier alpha value is -2.47. The van der Waals surface area contributed by atoms with Crippen LogP contribution in [-0.2, 0) is 4.79 Å². The second-order valence-electron chi connectivity index (χ2n) is 6.93. The smallest absolute Gasteiger partial charge is 0.257 e. The number of thioether (sulfide) groups is 1. The van der Waals surface area contributed by atoms with Gasteiger partial charge in [0, 0.05) is 22.0 Å². The van der Waals surface area contributed by atoms with E-state index in [1.54, 1.807) is 17.0 Å². The molecule has 4 rings (SSSR count). The van der Waals surface area contributed by atoms with Gasteiger partial charge in [-0.1, -0.05) is 59.1 Å². The summed E-state index contributed by atoms with van der Waals surface area (Å²) in [5.74, 6) is 0.0835. The highest BCUT2D eigenvalue weighted by Crippen LogP contribution is 2.44. The summed E-state index contributed by atoms with van der Waals surface area (Å²) in [5.41, 5.74) is 3.79. The van der Waals surface area contributed by atoms with E-state index in [0.717, 1.165) is 16.8 Å². The van der Waals surface area contributed by atoms with Crippen LogP contribution < -0.4 is 10.2 Å². The Labute approximate surface area is 189 Å². The highest BCUT2D eigenvalue weighted by atomic mass is 35.5. The van der Waals surface area contributed by atoms with Gasteiger partial charge in [0.1, 0.15) is 5.37 Å². The lowest BCUT2D eigenvalue weighted by atomic mass is 10.1. The molecule has 0 bridgehead atoms. The van der Waals surface area contributed by atoms with E-state index in [1.807, 2.05) is 55.5 Å². The number of rotatable bonds is 4. The predicted molar refractivity (Wildman–Crippen MR) is 125 cm³/mol. The molecule has 1 saturated heterocycles. The first-order valence-corrected chi connectivity index (χ1v) is 11.1. The fourth-order valence-electron chi connectivity index (χ4n) is 3.33. The van der Waals surface area contributed by atoms with Gasteiger partial charge in [0.2, 0.25) is 5.91 Å². The van der Waals surface area contributed by atoms with Crippen molar-refractivity contribution in [1.29, 1.82) is 0 Å². The van der Waals surface area contributed by atoms with Crippen LogP contribution in [0.4, 0.5) is 11.4 Å². The zero-order chi connectivity index (χ0) is 21.3. The summed E-state index contributed by atoms with van der Waals surface area (Å²) in [6.07, 6.45) is 0. The zero-order valence-electron chi connectivity index (χ0n) is 16.1. The van der Waals surface area contributed by atoms with Crippen molar-refractivity contribution in [2.75, 3.05) is 16.0 Å². The average molecular weight is 457 g/mol. The number of aryl methyl sites for hydroxylation is 1. The van der Waals surface area contributed by atoms with Gasteiger partial charge in [-0.3, -0.25) is 14.5 Å². The van der Waals surface area contributed by atoms with Gasteiger partial charge < -0.3 is 5.32 Å². The largest absolute Gasteiger partial charge is 0.322 e. The molecule has 1 fully saturated rings. The van der Waals surface area contributed by atoms with E-state index in [4.69, 9.17) is 23.2 Å². The Bertz CT molecular complexity index is 1120. The molecule has 1 atom stereocenters. The van der Waals surface area contributed by atoms with Gasteiger partial charge in [-0.05, 0) is 43.3 Å². The molecule has 3 aromatic rings. The summed E-state index contributed by atoms with van der Waals surface area (Å²) in [7, 11) is 0. The van der Waals surface area contributed by atoms with Crippen molar-refractivity contribution in [2.45, 2.75) is 12.3 Å². The second-order valence-corrected chi connectivity index (χ2v) is 8.84. The number of nitrogens with zero attached hydrogens (tertiary/aromatic N) is 1. The number of hydrogen-bond acceptors (Lipinski definition) is 3. The Kier molecular flexibility index (Phi) is 6.04. The van der Waals surface area contributed by atoms with E-state index >= 15 is 0 Å². The minimum absolute atomic E-state index is 0.0377. The Morgan fingerprint density at radius 1 is 1.07 bits per heavy atom. The molecule has 7 heteroatoms. The van der Waals surface area contributed by atoms with Crippen LogP contribution in [0.2, 0.25) is 10.0 Å². The minimum atomic E-state index is -0.333. The van der Waals surface area contributed by atoms with Crippen molar-refractivity contribution in [1.82, 2.24) is 0 Å². The third-order valence-electron chi connectivity index (χ3n) is 4.83. The fraction of sp³-hybridized carbons (Fsp3) is 0.130. The van der Waals surface area contributed by atoms with E-state index in [2.05, 4.69) is 5.32 Å². The predicted octanol–water partition coefficient (Wildman–Crippen LogP) is 6.33. The number of benzene rings is 3. The molecule has 0 saturated carbocycles. The third-order valence-corrected chi connectivity index (χ3v) is 6.57. The van der Waals surface area contributed by atoms with Crippen molar-refractivity contribution >= 4 is 58.2 Å². The van der Waals surface area contributed by atoms with Crippen molar-refractivity contribution < 1.29 is 9.59 Å². The van der Waals surface area contributed by atoms with Crippen LogP contribution in [0.5, 0.6) is 0 Å². The molecule has 0 radical (unpaired) electrons. The van der Waals surface area contributed by atoms with E-state index in [0.29, 0.717) is 22.0 Å². The summed E-state index contributed by atoms with van der Waals surface area (Å²) in [6.45, 7) is 2.01. The maximum absolute atomic E-state index is 12.8. The van der Waals surface area contributed by atoms with Crippen molar-refractivity contribution in [2.24, 2.45) is 0 Å². The van der Waals surface area contributed by atoms with Gasteiger partial charge in [0.05, 0.1) is 16.3 Å². The molecule has 4 nitrogen and oxygen atoms in total. The summed E-state index contributed by atoms with van der Waals surface area (Å²) in [5, 5.41) is 3.45. The van der Waals surface area contributed by atoms with E-state index in [1.165, 1.54) is 17.8 Å². The van der Waals surface area contributed by atoms with Gasteiger partial charge in [-0.15, -0.1) is 11.8 Å². The molecule has 0 aliphatic carbocycles. The zero-order valence-corrected chi connectivity index (χ0v) is 18.4. The van der Waals surface area contributed by atoms with Crippen LogP contribution in [0.1, 0.15) is 26.9 Å². The van der Waals surface area contributed by atoms with Crippen LogP contribution in [0, 0.1) is 6.92 Å². The number of nitrogens with one attached hydrogen (secondary N) is 1. The average Bonchev–Trinajstić information content (AvgIpc) is 3.10. The van der Waals surface area contributed by atoms with Crippen molar-refractivity contribution in [3.05, 3.63) is 93.5 Å². The molecular weight excluding hydrogens is 439 g/mol. The first-order chi connectivity index (χ1) is 14.4. The fourth-order valence-corrected chi connectivity index (χ4v) is 5.04. The maximum Gasteiger partial charge on any atom is 0.257 e. The molecule has 1 heterocycles. The third kappa shape index (κ3) is 4.19. The topological polar surface area (TPSA) is 49.4 Å². The quantitative estimate of drug-likeness (QED) is 0.498. The number of halogens is 2. The van der Waals surface area contributed by atoms with E-state index in [9.17, 15) is 9.59 Å². The maximum atomic E-state index is 12.8. The molecule has 0 spiro atoms. The minimum Gasteiger partial charge on any atom is -0.322 e. The van der Waals surface area contributed by atoms with Gasteiger partial charge in [0.25, 0.3) is 5.91 Å². The number of para-hydroxylation sites is 1. The van der Waals surface area contributed by atoms with Crippen LogP contribution in [0.25, 0.3) is 0 Å². The van der Waals surface area contributed by atoms with Crippen LogP contribution in [-0.4, -0.2) is 17.6 Å². The van der Waals surface area contributed by atoms with Crippen LogP contribution in [0.3, 0.4) is 0 Å². The Morgan fingerprint density at radius 2 is 1.80 bits per heavy atom. The summed E-state index contributed by atoms with van der Waals surface area (Å²) in [6, 6.07) is 20.1. The summed E-state index contributed by atoms with van der Waals surface area (Å²) in [4.78, 5) is 27.3. The highest BCUT2D eigenvalue weighted by Gasteiger charge is 2.35. The van der Waals surface area contributed by atoms with Crippen LogP contribution in [0.15, 0.2) is 66.7 Å². The molecule has 2 amide bonds. The number of carbonyl (C=O) groups is 2. The first kappa shape index (κ1) is 20.8. The molecule has 0 unspecified atom stereocenters. The van der Waals surface area contributed by atoms with E-state index < -0.39 is 0 Å². The molecule has 1 aliphatic heterocycles. The SMILES string of the molecule is Cc1ccc(N2C(=O)CS[C@@H]2c2ccccc2NC(=O)c2ccc(Cl)cc2Cl)cc1. The Morgan fingerprint density at radius 3 is 2.53 bits per heavy atom. The standard InChI is InChI=1S/C23H18Cl2N2O2S/c1-14-6-9-16(10-7-14)27-21(28)13-30-23(27)18-4-2-3-5-20(18)26-22(29)17-11-8-15(24)12-19(17)25/h2-12,23H,13H2,1H3,(H,26,29)/t23-/m1/s1. The molecule has 3 aromatic carbocycles. The summed E-state index contributed by atoms with van der Waals surface area (Å²) >= 11 is 13.7. The monoisotopic (exact) mass is 456 g/mol. The number of carbonyl (C=O) groups excluding carboxylic acids is 2. The molecular formula is C23H18Cl2N2O2S. The number of anilines is 2. The molecule has 0 aromatic heterocycles. The van der Waals surface area contributed by atoms with Crippen LogP contribution >= 0.6 is 35.0 Å². The van der Waals surface area contributed by atoms with Gasteiger partial charge >= 0.3 is 0 Å². The van der Waals surface area contributed by atoms with Crippen molar-refractivity contribution in [3.63, 3.8) is 0 Å². The van der Waals surface area contributed by atoms with Crippen molar-refractivity contribution in [3.8, 4) is 0 Å². The van der Waals surface area contributed by atoms with E-state index in [-0.39, 0.29) is 22.2 Å².